The maximum Gasteiger partial charge on any atom is 0.322 e. The second-order valence-electron chi connectivity index (χ2n) is 5.13. The van der Waals surface area contributed by atoms with E-state index >= 15 is 0 Å². The molecule has 1 unspecified atom stereocenters. The fourth-order valence-electron chi connectivity index (χ4n) is 2.67. The molecule has 0 spiro atoms. The van der Waals surface area contributed by atoms with E-state index in [1.807, 2.05) is 0 Å². The third-order valence-electron chi connectivity index (χ3n) is 3.98. The fourth-order valence-corrected chi connectivity index (χ4v) is 4.61. The summed E-state index contributed by atoms with van der Waals surface area (Å²) in [6.45, 7) is 3.73. The summed E-state index contributed by atoms with van der Waals surface area (Å²) in [4.78, 5) is 11.4. The average Bonchev–Trinajstić information content (AvgIpc) is 2.91. The van der Waals surface area contributed by atoms with Crippen LogP contribution < -0.4 is 4.74 Å². The number of carbonyl (C=O) groups is 1. The Kier molecular flexibility index (Phi) is 4.25. The molecule has 2 rings (SSSR count). The molecule has 7 heteroatoms. The van der Waals surface area contributed by atoms with Gasteiger partial charge in [0.05, 0.1) is 12.0 Å². The van der Waals surface area contributed by atoms with Crippen molar-refractivity contribution in [1.82, 2.24) is 4.31 Å². The second-order valence-corrected chi connectivity index (χ2v) is 6.99. The van der Waals surface area contributed by atoms with Crippen LogP contribution in [0.25, 0.3) is 0 Å². The summed E-state index contributed by atoms with van der Waals surface area (Å²) in [7, 11) is -2.29. The molecule has 1 fully saturated rings. The normalized spacial score (nSPS) is 19.7. The van der Waals surface area contributed by atoms with Gasteiger partial charge < -0.3 is 9.84 Å². The van der Waals surface area contributed by atoms with E-state index in [0.717, 1.165) is 9.87 Å². The first-order valence-electron chi connectivity index (χ1n) is 6.69. The Morgan fingerprint density at radius 2 is 2.00 bits per heavy atom. The predicted molar refractivity (Wildman–Crippen MR) is 77.0 cm³/mol. The van der Waals surface area contributed by atoms with Crippen LogP contribution in [0.3, 0.4) is 0 Å². The number of rotatable bonds is 4. The number of methoxy groups -OCH3 is 1. The quantitative estimate of drug-likeness (QED) is 0.911. The molecule has 1 heterocycles. The summed E-state index contributed by atoms with van der Waals surface area (Å²) >= 11 is 0. The van der Waals surface area contributed by atoms with Crippen LogP contribution in [-0.4, -0.2) is 43.5 Å². The van der Waals surface area contributed by atoms with Crippen molar-refractivity contribution in [2.24, 2.45) is 0 Å². The SMILES string of the molecule is COc1ccc(S(=O)(=O)N2CCCC2C(=O)O)c(C)c1C. The van der Waals surface area contributed by atoms with Gasteiger partial charge >= 0.3 is 5.97 Å². The number of hydrogen-bond donors (Lipinski definition) is 1. The molecule has 1 aliphatic rings. The predicted octanol–water partition coefficient (Wildman–Crippen LogP) is 1.55. The van der Waals surface area contributed by atoms with Gasteiger partial charge in [0, 0.05) is 6.54 Å². The highest BCUT2D eigenvalue weighted by atomic mass is 32.2. The zero-order valence-electron chi connectivity index (χ0n) is 12.3. The summed E-state index contributed by atoms with van der Waals surface area (Å²) in [6.07, 6.45) is 0.910. The van der Waals surface area contributed by atoms with Crippen molar-refractivity contribution in [3.63, 3.8) is 0 Å². The van der Waals surface area contributed by atoms with Crippen molar-refractivity contribution in [2.45, 2.75) is 37.6 Å². The maximum absolute atomic E-state index is 12.7. The van der Waals surface area contributed by atoms with E-state index in [-0.39, 0.29) is 11.4 Å². The lowest BCUT2D eigenvalue weighted by molar-refractivity contribution is -0.140. The van der Waals surface area contributed by atoms with Gasteiger partial charge in [-0.25, -0.2) is 8.42 Å². The molecule has 1 aromatic rings. The lowest BCUT2D eigenvalue weighted by Crippen LogP contribution is -2.40. The molecule has 0 amide bonds. The average molecular weight is 313 g/mol. The number of carboxylic acids is 1. The molecule has 21 heavy (non-hydrogen) atoms. The molecule has 1 aliphatic heterocycles. The monoisotopic (exact) mass is 313 g/mol. The number of ether oxygens (including phenoxy) is 1. The van der Waals surface area contributed by atoms with Gasteiger partial charge in [0.25, 0.3) is 0 Å². The van der Waals surface area contributed by atoms with Gasteiger partial charge in [-0.1, -0.05) is 0 Å². The van der Waals surface area contributed by atoms with E-state index < -0.39 is 22.0 Å². The fraction of sp³-hybridized carbons (Fsp3) is 0.500. The highest BCUT2D eigenvalue weighted by Crippen LogP contribution is 2.32. The third-order valence-corrected chi connectivity index (χ3v) is 6.04. The molecule has 0 bridgehead atoms. The maximum atomic E-state index is 12.7. The molecular formula is C14H19NO5S. The van der Waals surface area contributed by atoms with E-state index in [0.29, 0.717) is 24.2 Å². The number of sulfonamides is 1. The van der Waals surface area contributed by atoms with Gasteiger partial charge in [-0.2, -0.15) is 4.31 Å². The minimum Gasteiger partial charge on any atom is -0.496 e. The number of benzene rings is 1. The van der Waals surface area contributed by atoms with Crippen LogP contribution in [0, 0.1) is 13.8 Å². The minimum atomic E-state index is -3.81. The van der Waals surface area contributed by atoms with Gasteiger partial charge in [-0.3, -0.25) is 4.79 Å². The summed E-state index contributed by atoms with van der Waals surface area (Å²) in [5.41, 5.74) is 1.33. The van der Waals surface area contributed by atoms with Gasteiger partial charge in [0.15, 0.2) is 0 Å². The Hall–Kier alpha value is -1.60. The molecule has 0 aromatic heterocycles. The van der Waals surface area contributed by atoms with Crippen LogP contribution >= 0.6 is 0 Å². The highest BCUT2D eigenvalue weighted by molar-refractivity contribution is 7.89. The number of nitrogens with zero attached hydrogens (tertiary/aromatic N) is 1. The number of carboxylic acid groups (broad SMARTS) is 1. The molecule has 6 nitrogen and oxygen atoms in total. The van der Waals surface area contributed by atoms with Crippen molar-refractivity contribution in [3.8, 4) is 5.75 Å². The molecule has 1 aromatic carbocycles. The second kappa shape index (κ2) is 5.65. The van der Waals surface area contributed by atoms with Gasteiger partial charge in [-0.05, 0) is 49.9 Å². The number of aliphatic carboxylic acids is 1. The van der Waals surface area contributed by atoms with Crippen LogP contribution in [0.2, 0.25) is 0 Å². The largest absolute Gasteiger partial charge is 0.496 e. The molecular weight excluding hydrogens is 294 g/mol. The Labute approximate surface area is 124 Å². The first kappa shape index (κ1) is 15.8. The van der Waals surface area contributed by atoms with Crippen molar-refractivity contribution in [2.75, 3.05) is 13.7 Å². The molecule has 0 saturated carbocycles. The van der Waals surface area contributed by atoms with E-state index in [9.17, 15) is 18.3 Å². The Bertz CT molecular complexity index is 668. The summed E-state index contributed by atoms with van der Waals surface area (Å²) in [6, 6.07) is 2.10. The van der Waals surface area contributed by atoms with Gasteiger partial charge in [0.2, 0.25) is 10.0 Å². The smallest absolute Gasteiger partial charge is 0.322 e. The standard InChI is InChI=1S/C14H19NO5S/c1-9-10(2)13(7-6-12(9)20-3)21(18,19)15-8-4-5-11(15)14(16)17/h6-7,11H,4-5,8H2,1-3H3,(H,16,17). The first-order chi connectivity index (χ1) is 9.80. The highest BCUT2D eigenvalue weighted by Gasteiger charge is 2.40. The van der Waals surface area contributed by atoms with Gasteiger partial charge in [0.1, 0.15) is 11.8 Å². The molecule has 0 aliphatic carbocycles. The minimum absolute atomic E-state index is 0.147. The van der Waals surface area contributed by atoms with Crippen molar-refractivity contribution < 1.29 is 23.1 Å². The van der Waals surface area contributed by atoms with E-state index in [4.69, 9.17) is 4.74 Å². The van der Waals surface area contributed by atoms with E-state index in [1.54, 1.807) is 19.9 Å². The van der Waals surface area contributed by atoms with Crippen LogP contribution in [0.1, 0.15) is 24.0 Å². The first-order valence-corrected chi connectivity index (χ1v) is 8.13. The zero-order chi connectivity index (χ0) is 15.8. The number of hydrogen-bond acceptors (Lipinski definition) is 4. The van der Waals surface area contributed by atoms with Crippen molar-refractivity contribution >= 4 is 16.0 Å². The van der Waals surface area contributed by atoms with Crippen molar-refractivity contribution in [3.05, 3.63) is 23.3 Å². The molecule has 116 valence electrons. The Balaban J connectivity index is 2.50. The summed E-state index contributed by atoms with van der Waals surface area (Å²) in [5.74, 6) is -0.485. The molecule has 1 saturated heterocycles. The van der Waals surface area contributed by atoms with Crippen LogP contribution in [-0.2, 0) is 14.8 Å². The summed E-state index contributed by atoms with van der Waals surface area (Å²) in [5, 5.41) is 9.17. The van der Waals surface area contributed by atoms with Gasteiger partial charge in [-0.15, -0.1) is 0 Å². The zero-order valence-corrected chi connectivity index (χ0v) is 13.1. The third kappa shape index (κ3) is 2.63. The van der Waals surface area contributed by atoms with Crippen LogP contribution in [0.4, 0.5) is 0 Å². The lowest BCUT2D eigenvalue weighted by atomic mass is 10.1. The molecule has 0 radical (unpaired) electrons. The van der Waals surface area contributed by atoms with Crippen molar-refractivity contribution in [1.29, 1.82) is 0 Å². The lowest BCUT2D eigenvalue weighted by Gasteiger charge is -2.23. The topological polar surface area (TPSA) is 83.9 Å². The summed E-state index contributed by atoms with van der Waals surface area (Å²) < 4.78 is 31.8. The van der Waals surface area contributed by atoms with Crippen LogP contribution in [0.5, 0.6) is 5.75 Å². The van der Waals surface area contributed by atoms with E-state index in [1.165, 1.54) is 13.2 Å². The van der Waals surface area contributed by atoms with E-state index in [2.05, 4.69) is 0 Å². The van der Waals surface area contributed by atoms with Crippen LogP contribution in [0.15, 0.2) is 17.0 Å². The molecule has 1 N–H and O–H groups in total. The Morgan fingerprint density at radius 3 is 2.57 bits per heavy atom. The Morgan fingerprint density at radius 1 is 1.33 bits per heavy atom. The molecule has 1 atom stereocenters.